The Labute approximate surface area is 138 Å². The van der Waals surface area contributed by atoms with Gasteiger partial charge in [-0.2, -0.15) is 0 Å². The number of carbonyl (C=O) groups is 3. The Morgan fingerprint density at radius 1 is 1.38 bits per heavy atom. The number of aryl methyl sites for hydroxylation is 1. The van der Waals surface area contributed by atoms with E-state index in [1.165, 1.54) is 31.2 Å². The molecule has 24 heavy (non-hydrogen) atoms. The van der Waals surface area contributed by atoms with Crippen LogP contribution in [-0.2, 0) is 9.59 Å². The second kappa shape index (κ2) is 7.44. The lowest BCUT2D eigenvalue weighted by Crippen LogP contribution is -2.47. The fraction of sp³-hybridized carbons (Fsp3) is 0.333. The fourth-order valence-electron chi connectivity index (χ4n) is 1.97. The summed E-state index contributed by atoms with van der Waals surface area (Å²) < 4.78 is 9.79. The SMILES string of the molecule is Cc1cc(NC(=O)CN(C)C(=O)C(C)NC(=O)c2ccco2)no1. The van der Waals surface area contributed by atoms with Crippen molar-refractivity contribution in [2.45, 2.75) is 19.9 Å². The average molecular weight is 334 g/mol. The molecule has 3 amide bonds. The zero-order chi connectivity index (χ0) is 17.7. The van der Waals surface area contributed by atoms with Gasteiger partial charge < -0.3 is 24.5 Å². The minimum absolute atomic E-state index is 0.108. The van der Waals surface area contributed by atoms with Gasteiger partial charge in [0.2, 0.25) is 11.8 Å². The Kier molecular flexibility index (Phi) is 5.35. The third-order valence-corrected chi connectivity index (χ3v) is 3.12. The first-order valence-electron chi connectivity index (χ1n) is 7.19. The van der Waals surface area contributed by atoms with Crippen molar-refractivity contribution < 1.29 is 23.3 Å². The van der Waals surface area contributed by atoms with Gasteiger partial charge in [-0.3, -0.25) is 14.4 Å². The molecule has 9 nitrogen and oxygen atoms in total. The zero-order valence-corrected chi connectivity index (χ0v) is 13.5. The second-order valence-electron chi connectivity index (χ2n) is 5.24. The first kappa shape index (κ1) is 17.3. The molecule has 2 rings (SSSR count). The maximum atomic E-state index is 12.2. The molecule has 0 bridgehead atoms. The monoisotopic (exact) mass is 334 g/mol. The van der Waals surface area contributed by atoms with Crippen molar-refractivity contribution in [3.63, 3.8) is 0 Å². The highest BCUT2D eigenvalue weighted by molar-refractivity contribution is 5.97. The van der Waals surface area contributed by atoms with E-state index in [9.17, 15) is 14.4 Å². The summed E-state index contributed by atoms with van der Waals surface area (Å²) in [6, 6.07) is 3.81. The van der Waals surface area contributed by atoms with E-state index in [0.29, 0.717) is 5.76 Å². The quantitative estimate of drug-likeness (QED) is 0.806. The summed E-state index contributed by atoms with van der Waals surface area (Å²) >= 11 is 0. The van der Waals surface area contributed by atoms with Gasteiger partial charge in [0.1, 0.15) is 11.8 Å². The number of amides is 3. The van der Waals surface area contributed by atoms with Crippen LogP contribution < -0.4 is 10.6 Å². The summed E-state index contributed by atoms with van der Waals surface area (Å²) in [5.74, 6) is -0.403. The lowest BCUT2D eigenvalue weighted by molar-refractivity contribution is -0.134. The van der Waals surface area contributed by atoms with Gasteiger partial charge >= 0.3 is 0 Å². The molecule has 0 aromatic carbocycles. The van der Waals surface area contributed by atoms with Crippen LogP contribution in [0.5, 0.6) is 0 Å². The van der Waals surface area contributed by atoms with Gasteiger partial charge in [0.15, 0.2) is 11.6 Å². The van der Waals surface area contributed by atoms with E-state index in [1.807, 2.05) is 0 Å². The molecule has 0 fully saturated rings. The van der Waals surface area contributed by atoms with Gasteiger partial charge in [-0.15, -0.1) is 0 Å². The van der Waals surface area contributed by atoms with Crippen LogP contribution in [0.15, 0.2) is 33.4 Å². The van der Waals surface area contributed by atoms with Crippen molar-refractivity contribution in [1.29, 1.82) is 0 Å². The molecule has 1 atom stereocenters. The number of nitrogens with zero attached hydrogens (tertiary/aromatic N) is 2. The summed E-state index contributed by atoms with van der Waals surface area (Å²) in [5.41, 5.74) is 0. The van der Waals surface area contributed by atoms with E-state index in [4.69, 9.17) is 8.94 Å². The van der Waals surface area contributed by atoms with Crippen molar-refractivity contribution in [1.82, 2.24) is 15.4 Å². The number of anilines is 1. The van der Waals surface area contributed by atoms with Crippen LogP contribution in [0, 0.1) is 6.92 Å². The van der Waals surface area contributed by atoms with Crippen LogP contribution in [-0.4, -0.2) is 47.4 Å². The summed E-state index contributed by atoms with van der Waals surface area (Å²) in [4.78, 5) is 37.1. The van der Waals surface area contributed by atoms with Crippen LogP contribution in [0.4, 0.5) is 5.82 Å². The number of hydrogen-bond acceptors (Lipinski definition) is 6. The second-order valence-corrected chi connectivity index (χ2v) is 5.24. The number of nitrogens with one attached hydrogen (secondary N) is 2. The van der Waals surface area contributed by atoms with E-state index >= 15 is 0 Å². The molecule has 1 unspecified atom stereocenters. The molecule has 2 aromatic rings. The van der Waals surface area contributed by atoms with Gasteiger partial charge in [0.25, 0.3) is 5.91 Å². The van der Waals surface area contributed by atoms with Crippen molar-refractivity contribution in [3.05, 3.63) is 36.0 Å². The highest BCUT2D eigenvalue weighted by Crippen LogP contribution is 2.07. The summed E-state index contributed by atoms with van der Waals surface area (Å²) in [5, 5.41) is 8.65. The number of aromatic nitrogens is 1. The number of rotatable bonds is 6. The summed E-state index contributed by atoms with van der Waals surface area (Å²) in [6.45, 7) is 3.03. The van der Waals surface area contributed by atoms with Crippen LogP contribution >= 0.6 is 0 Å². The third-order valence-electron chi connectivity index (χ3n) is 3.12. The Morgan fingerprint density at radius 3 is 2.71 bits per heavy atom. The van der Waals surface area contributed by atoms with Gasteiger partial charge in [-0.1, -0.05) is 5.16 Å². The largest absolute Gasteiger partial charge is 0.459 e. The first-order valence-corrected chi connectivity index (χ1v) is 7.19. The predicted octanol–water partition coefficient (Wildman–Crippen LogP) is 0.791. The molecule has 0 saturated carbocycles. The Balaban J connectivity index is 1.84. The van der Waals surface area contributed by atoms with Gasteiger partial charge in [-0.05, 0) is 26.0 Å². The molecule has 0 aliphatic heterocycles. The van der Waals surface area contributed by atoms with Gasteiger partial charge in [0.05, 0.1) is 12.8 Å². The van der Waals surface area contributed by atoms with Crippen molar-refractivity contribution in [2.24, 2.45) is 0 Å². The van der Waals surface area contributed by atoms with Crippen LogP contribution in [0.3, 0.4) is 0 Å². The van der Waals surface area contributed by atoms with E-state index in [1.54, 1.807) is 19.1 Å². The minimum atomic E-state index is -0.810. The normalized spacial score (nSPS) is 11.6. The fourth-order valence-corrected chi connectivity index (χ4v) is 1.97. The molecule has 2 N–H and O–H groups in total. The molecule has 0 aliphatic carbocycles. The zero-order valence-electron chi connectivity index (χ0n) is 13.5. The Hall–Kier alpha value is -3.10. The molecule has 128 valence electrons. The van der Waals surface area contributed by atoms with Crippen molar-refractivity contribution in [3.8, 4) is 0 Å². The maximum absolute atomic E-state index is 12.2. The topological polar surface area (TPSA) is 118 Å². The van der Waals surface area contributed by atoms with E-state index in [-0.39, 0.29) is 18.1 Å². The number of hydrogen-bond donors (Lipinski definition) is 2. The first-order chi connectivity index (χ1) is 11.4. The number of furan rings is 1. The summed E-state index contributed by atoms with van der Waals surface area (Å²) in [6.07, 6.45) is 1.36. The highest BCUT2D eigenvalue weighted by atomic mass is 16.5. The van der Waals surface area contributed by atoms with Gasteiger partial charge in [-0.25, -0.2) is 0 Å². The van der Waals surface area contributed by atoms with E-state index < -0.39 is 23.8 Å². The van der Waals surface area contributed by atoms with Crippen LogP contribution in [0.1, 0.15) is 23.2 Å². The predicted molar refractivity (Wildman–Crippen MR) is 83.1 cm³/mol. The third kappa shape index (κ3) is 4.45. The average Bonchev–Trinajstić information content (AvgIpc) is 3.17. The molecule has 0 saturated heterocycles. The smallest absolute Gasteiger partial charge is 0.287 e. The Morgan fingerprint density at radius 2 is 2.12 bits per heavy atom. The molecule has 0 aliphatic rings. The van der Waals surface area contributed by atoms with E-state index in [2.05, 4.69) is 15.8 Å². The molecular formula is C15H18N4O5. The number of likely N-dealkylation sites (N-methyl/N-ethyl adjacent to an activating group) is 1. The highest BCUT2D eigenvalue weighted by Gasteiger charge is 2.22. The lowest BCUT2D eigenvalue weighted by Gasteiger charge is -2.21. The van der Waals surface area contributed by atoms with Crippen LogP contribution in [0.25, 0.3) is 0 Å². The molecule has 2 aromatic heterocycles. The van der Waals surface area contributed by atoms with Gasteiger partial charge in [0, 0.05) is 13.1 Å². The molecular weight excluding hydrogens is 316 g/mol. The van der Waals surface area contributed by atoms with Crippen molar-refractivity contribution >= 4 is 23.5 Å². The molecule has 2 heterocycles. The minimum Gasteiger partial charge on any atom is -0.459 e. The standard InChI is InChI=1S/C15H18N4O5/c1-9-7-12(18-24-9)17-13(20)8-19(3)15(22)10(2)16-14(21)11-5-4-6-23-11/h4-7,10H,8H2,1-3H3,(H,16,21)(H,17,18,20). The lowest BCUT2D eigenvalue weighted by atomic mass is 10.2. The van der Waals surface area contributed by atoms with Crippen molar-refractivity contribution in [2.75, 3.05) is 18.9 Å². The molecule has 9 heteroatoms. The molecule has 0 spiro atoms. The maximum Gasteiger partial charge on any atom is 0.287 e. The Bertz CT molecular complexity index is 722. The van der Waals surface area contributed by atoms with E-state index in [0.717, 1.165) is 0 Å². The number of carbonyl (C=O) groups excluding carboxylic acids is 3. The van der Waals surface area contributed by atoms with Crippen LogP contribution in [0.2, 0.25) is 0 Å². The molecule has 0 radical (unpaired) electrons. The summed E-state index contributed by atoms with van der Waals surface area (Å²) in [7, 11) is 1.46.